The highest BCUT2D eigenvalue weighted by Crippen LogP contribution is 2.32. The Hall–Kier alpha value is -3.10. The van der Waals surface area contributed by atoms with E-state index in [1.54, 1.807) is 12.1 Å². The average Bonchev–Trinajstić information content (AvgIpc) is 3.36. The molecule has 0 saturated heterocycles. The van der Waals surface area contributed by atoms with Gasteiger partial charge in [0, 0.05) is 35.2 Å². The highest BCUT2D eigenvalue weighted by atomic mass is 35.5. The first-order valence-corrected chi connectivity index (χ1v) is 13.4. The fourth-order valence-electron chi connectivity index (χ4n) is 4.45. The van der Waals surface area contributed by atoms with Crippen molar-refractivity contribution in [2.24, 2.45) is 0 Å². The molecule has 0 aliphatic heterocycles. The number of nitrogens with zero attached hydrogens (tertiary/aromatic N) is 4. The van der Waals surface area contributed by atoms with Crippen molar-refractivity contribution in [3.05, 3.63) is 70.6 Å². The Kier molecular flexibility index (Phi) is 8.16. The Morgan fingerprint density at radius 3 is 2.50 bits per heavy atom. The van der Waals surface area contributed by atoms with Crippen LogP contribution in [0.4, 0.5) is 5.69 Å². The van der Waals surface area contributed by atoms with E-state index in [-0.39, 0.29) is 23.4 Å². The molecule has 1 unspecified atom stereocenters. The number of thioether (sulfide) groups is 1. The van der Waals surface area contributed by atoms with Crippen molar-refractivity contribution in [2.75, 3.05) is 5.32 Å². The monoisotopic (exact) mass is 523 g/mol. The van der Waals surface area contributed by atoms with Crippen LogP contribution in [0.2, 0.25) is 5.02 Å². The van der Waals surface area contributed by atoms with Crippen molar-refractivity contribution in [1.29, 1.82) is 0 Å². The maximum atomic E-state index is 13.6. The molecule has 2 aromatic heterocycles. The minimum atomic E-state index is -0.371. The number of carbonyl (C=O) groups is 2. The molecule has 188 valence electrons. The standard InChI is InChI=1S/C27H30ClN5O2S/c1-5-15-33-23(16-24(34)29-21-13-9-8-12-20(21)28)30-31-27(33)36-18(4)26(35)25-17(3)32(6-2)22-14-10-7-11-19(22)25/h7-14,18H,5-6,15-16H2,1-4H3,(H,29,34). The predicted molar refractivity (Wildman–Crippen MR) is 146 cm³/mol. The number of ketones is 1. The summed E-state index contributed by atoms with van der Waals surface area (Å²) in [6.45, 7) is 9.50. The minimum absolute atomic E-state index is 0.0597. The van der Waals surface area contributed by atoms with Gasteiger partial charge < -0.3 is 14.5 Å². The van der Waals surface area contributed by atoms with Crippen molar-refractivity contribution in [2.45, 2.75) is 64.0 Å². The van der Waals surface area contributed by atoms with E-state index in [1.807, 2.05) is 48.7 Å². The molecular weight excluding hydrogens is 494 g/mol. The number of aromatic nitrogens is 4. The molecule has 9 heteroatoms. The van der Waals surface area contributed by atoms with Gasteiger partial charge in [0.25, 0.3) is 0 Å². The summed E-state index contributed by atoms with van der Waals surface area (Å²) in [6, 6.07) is 15.1. The molecule has 2 aromatic carbocycles. The third-order valence-corrected chi connectivity index (χ3v) is 7.56. The molecule has 2 heterocycles. The van der Waals surface area contributed by atoms with Gasteiger partial charge in [-0.3, -0.25) is 9.59 Å². The van der Waals surface area contributed by atoms with Crippen LogP contribution in [0.5, 0.6) is 0 Å². The Balaban J connectivity index is 1.55. The van der Waals surface area contributed by atoms with Gasteiger partial charge in [-0.15, -0.1) is 10.2 Å². The van der Waals surface area contributed by atoms with Gasteiger partial charge >= 0.3 is 0 Å². The smallest absolute Gasteiger partial charge is 0.232 e. The second kappa shape index (κ2) is 11.3. The minimum Gasteiger partial charge on any atom is -0.344 e. The van der Waals surface area contributed by atoms with Crippen molar-refractivity contribution < 1.29 is 9.59 Å². The normalized spacial score (nSPS) is 12.1. The van der Waals surface area contributed by atoms with E-state index in [0.717, 1.165) is 35.1 Å². The van der Waals surface area contributed by atoms with Crippen LogP contribution in [0.15, 0.2) is 53.7 Å². The lowest BCUT2D eigenvalue weighted by Gasteiger charge is -2.13. The molecule has 1 N–H and O–H groups in total. The number of benzene rings is 2. The van der Waals surface area contributed by atoms with E-state index >= 15 is 0 Å². The molecule has 1 amide bonds. The van der Waals surface area contributed by atoms with E-state index in [9.17, 15) is 9.59 Å². The molecule has 0 bridgehead atoms. The summed E-state index contributed by atoms with van der Waals surface area (Å²) in [5, 5.41) is 13.2. The van der Waals surface area contributed by atoms with Crippen LogP contribution in [0.1, 0.15) is 49.1 Å². The van der Waals surface area contributed by atoms with E-state index in [0.29, 0.717) is 28.2 Å². The lowest BCUT2D eigenvalue weighted by Crippen LogP contribution is -2.19. The van der Waals surface area contributed by atoms with Crippen LogP contribution >= 0.6 is 23.4 Å². The zero-order valence-electron chi connectivity index (χ0n) is 20.9. The number of aryl methyl sites for hydroxylation is 1. The number of amides is 1. The molecule has 0 saturated carbocycles. The fourth-order valence-corrected chi connectivity index (χ4v) is 5.59. The molecule has 1 atom stereocenters. The summed E-state index contributed by atoms with van der Waals surface area (Å²) in [6.07, 6.45) is 0.903. The topological polar surface area (TPSA) is 81.8 Å². The van der Waals surface area contributed by atoms with Crippen LogP contribution in [-0.4, -0.2) is 36.3 Å². The van der Waals surface area contributed by atoms with Crippen molar-refractivity contribution >= 4 is 51.6 Å². The van der Waals surface area contributed by atoms with E-state index in [4.69, 9.17) is 11.6 Å². The molecule has 4 rings (SSSR count). The Morgan fingerprint density at radius 1 is 1.06 bits per heavy atom. The Bertz CT molecular complexity index is 1410. The SMILES string of the molecule is CCCn1c(CC(=O)Nc2ccccc2Cl)nnc1SC(C)C(=O)c1c(C)n(CC)c2ccccc12. The zero-order chi connectivity index (χ0) is 25.8. The summed E-state index contributed by atoms with van der Waals surface area (Å²) in [4.78, 5) is 26.3. The van der Waals surface area contributed by atoms with Gasteiger partial charge in [-0.05, 0) is 45.4 Å². The maximum Gasteiger partial charge on any atom is 0.232 e. The van der Waals surface area contributed by atoms with Crippen LogP contribution in [0, 0.1) is 6.92 Å². The molecule has 7 nitrogen and oxygen atoms in total. The first kappa shape index (κ1) is 26.0. The summed E-state index contributed by atoms with van der Waals surface area (Å²) >= 11 is 7.55. The third kappa shape index (κ3) is 5.20. The summed E-state index contributed by atoms with van der Waals surface area (Å²) in [5.41, 5.74) is 3.36. The van der Waals surface area contributed by atoms with Gasteiger partial charge in [0.1, 0.15) is 5.82 Å². The fraction of sp³-hybridized carbons (Fsp3) is 0.333. The number of carbonyl (C=O) groups excluding carboxylic acids is 2. The molecule has 0 aliphatic rings. The van der Waals surface area contributed by atoms with Crippen molar-refractivity contribution in [3.8, 4) is 0 Å². The highest BCUT2D eigenvalue weighted by Gasteiger charge is 2.26. The molecule has 4 aromatic rings. The number of Topliss-reactive ketones (excluding diaryl/α,β-unsaturated/α-hetero) is 1. The highest BCUT2D eigenvalue weighted by molar-refractivity contribution is 8.00. The van der Waals surface area contributed by atoms with Crippen LogP contribution in [0.3, 0.4) is 0 Å². The number of fused-ring (bicyclic) bond motifs is 1. The second-order valence-electron chi connectivity index (χ2n) is 8.60. The summed E-state index contributed by atoms with van der Waals surface area (Å²) < 4.78 is 4.11. The van der Waals surface area contributed by atoms with E-state index in [1.165, 1.54) is 11.8 Å². The lowest BCUT2D eigenvalue weighted by molar-refractivity contribution is -0.115. The zero-order valence-corrected chi connectivity index (χ0v) is 22.5. The first-order valence-electron chi connectivity index (χ1n) is 12.1. The first-order chi connectivity index (χ1) is 17.3. The number of rotatable bonds is 10. The van der Waals surface area contributed by atoms with E-state index < -0.39 is 0 Å². The summed E-state index contributed by atoms with van der Waals surface area (Å²) in [7, 11) is 0. The number of hydrogen-bond donors (Lipinski definition) is 1. The largest absolute Gasteiger partial charge is 0.344 e. The van der Waals surface area contributed by atoms with Gasteiger partial charge in [0.05, 0.1) is 22.4 Å². The van der Waals surface area contributed by atoms with Crippen molar-refractivity contribution in [1.82, 2.24) is 19.3 Å². The molecule has 0 spiro atoms. The lowest BCUT2D eigenvalue weighted by atomic mass is 10.0. The van der Waals surface area contributed by atoms with E-state index in [2.05, 4.69) is 40.0 Å². The third-order valence-electron chi connectivity index (χ3n) is 6.15. The molecular formula is C27H30ClN5O2S. The Morgan fingerprint density at radius 2 is 1.78 bits per heavy atom. The van der Waals surface area contributed by atoms with Gasteiger partial charge in [-0.25, -0.2) is 0 Å². The van der Waals surface area contributed by atoms with Gasteiger partial charge in [0.2, 0.25) is 5.91 Å². The number of nitrogens with one attached hydrogen (secondary N) is 1. The van der Waals surface area contributed by atoms with Gasteiger partial charge in [-0.1, -0.05) is 60.6 Å². The number of para-hydroxylation sites is 2. The van der Waals surface area contributed by atoms with Gasteiger partial charge in [0.15, 0.2) is 10.9 Å². The molecule has 0 fully saturated rings. The molecule has 0 aliphatic carbocycles. The molecule has 36 heavy (non-hydrogen) atoms. The number of anilines is 1. The maximum absolute atomic E-state index is 13.6. The summed E-state index contributed by atoms with van der Waals surface area (Å²) in [5.74, 6) is 0.392. The quantitative estimate of drug-likeness (QED) is 0.198. The molecule has 0 radical (unpaired) electrons. The average molecular weight is 524 g/mol. The van der Waals surface area contributed by atoms with Crippen LogP contribution < -0.4 is 5.32 Å². The number of hydrogen-bond acceptors (Lipinski definition) is 5. The van der Waals surface area contributed by atoms with Crippen LogP contribution in [-0.2, 0) is 24.3 Å². The predicted octanol–water partition coefficient (Wildman–Crippen LogP) is 6.17. The van der Waals surface area contributed by atoms with Gasteiger partial charge in [-0.2, -0.15) is 0 Å². The Labute approximate surface area is 220 Å². The second-order valence-corrected chi connectivity index (χ2v) is 10.3. The van der Waals surface area contributed by atoms with Crippen LogP contribution in [0.25, 0.3) is 10.9 Å². The van der Waals surface area contributed by atoms with Crippen molar-refractivity contribution in [3.63, 3.8) is 0 Å². The number of halogens is 1.